The summed E-state index contributed by atoms with van der Waals surface area (Å²) in [7, 11) is -3.92. The topological polar surface area (TPSA) is 86.8 Å². The van der Waals surface area contributed by atoms with E-state index in [1.54, 1.807) is 32.0 Å². The maximum atomic E-state index is 13.4. The fraction of sp³-hybridized carbons (Fsp3) is 0.333. The van der Waals surface area contributed by atoms with Gasteiger partial charge in [0.05, 0.1) is 27.0 Å². The Morgan fingerprint density at radius 3 is 2.21 bits per heavy atom. The van der Waals surface area contributed by atoms with Crippen LogP contribution in [-0.4, -0.2) is 50.5 Å². The van der Waals surface area contributed by atoms with Gasteiger partial charge < -0.3 is 10.2 Å². The molecule has 2 rings (SSSR count). The molecule has 180 valence electrons. The molecular weight excluding hydrogens is 532 g/mol. The molecule has 0 aliphatic heterocycles. The predicted octanol–water partition coefficient (Wildman–Crippen LogP) is 4.62. The van der Waals surface area contributed by atoms with Crippen molar-refractivity contribution < 1.29 is 18.0 Å². The number of nitrogens with one attached hydrogen (secondary N) is 1. The highest BCUT2D eigenvalue weighted by atomic mass is 35.5. The van der Waals surface area contributed by atoms with Gasteiger partial charge in [-0.1, -0.05) is 52.5 Å². The predicted molar refractivity (Wildman–Crippen MR) is 134 cm³/mol. The largest absolute Gasteiger partial charge is 0.355 e. The second-order valence-corrected chi connectivity index (χ2v) is 10.8. The molecule has 0 aromatic heterocycles. The second kappa shape index (κ2) is 11.6. The lowest BCUT2D eigenvalue weighted by Gasteiger charge is -2.31. The number of carbonyl (C=O) groups excluding carboxylic acids is 2. The van der Waals surface area contributed by atoms with Crippen molar-refractivity contribution in [3.05, 3.63) is 62.1 Å². The molecule has 1 N–H and O–H groups in total. The van der Waals surface area contributed by atoms with Crippen LogP contribution in [0.1, 0.15) is 19.4 Å². The molecule has 2 aromatic rings. The third-order valence-electron chi connectivity index (χ3n) is 4.71. The number of hydrogen-bond donors (Lipinski definition) is 1. The summed E-state index contributed by atoms with van der Waals surface area (Å²) in [6.45, 7) is 3.07. The van der Waals surface area contributed by atoms with E-state index in [9.17, 15) is 18.0 Å². The van der Waals surface area contributed by atoms with Crippen molar-refractivity contribution in [3.63, 3.8) is 0 Å². The molecule has 0 heterocycles. The maximum Gasteiger partial charge on any atom is 0.244 e. The molecule has 0 fully saturated rings. The Morgan fingerprint density at radius 2 is 1.64 bits per heavy atom. The average Bonchev–Trinajstić information content (AvgIpc) is 2.73. The Kier molecular flexibility index (Phi) is 9.70. The van der Waals surface area contributed by atoms with Crippen LogP contribution in [0, 0.1) is 0 Å². The van der Waals surface area contributed by atoms with Crippen LogP contribution in [0.4, 0.5) is 5.69 Å². The van der Waals surface area contributed by atoms with Crippen molar-refractivity contribution in [1.82, 2.24) is 10.2 Å². The Labute approximate surface area is 213 Å². The fourth-order valence-electron chi connectivity index (χ4n) is 3.01. The van der Waals surface area contributed by atoms with Crippen LogP contribution in [0.5, 0.6) is 0 Å². The molecule has 12 heteroatoms. The lowest BCUT2D eigenvalue weighted by molar-refractivity contribution is -0.139. The van der Waals surface area contributed by atoms with Crippen molar-refractivity contribution in [2.75, 3.05) is 23.7 Å². The van der Waals surface area contributed by atoms with Crippen molar-refractivity contribution in [2.45, 2.75) is 26.4 Å². The fourth-order valence-corrected chi connectivity index (χ4v) is 4.62. The summed E-state index contributed by atoms with van der Waals surface area (Å²) in [4.78, 5) is 27.2. The van der Waals surface area contributed by atoms with Gasteiger partial charge in [-0.2, -0.15) is 0 Å². The van der Waals surface area contributed by atoms with E-state index in [-0.39, 0.29) is 27.3 Å². The molecule has 0 aliphatic rings. The van der Waals surface area contributed by atoms with Crippen molar-refractivity contribution in [1.29, 1.82) is 0 Å². The standard InChI is InChI=1S/C21H23Cl4N3O4S/c1-4-26-21(30)13(2)27(11-14-5-7-16(23)18(25)9-14)20(29)12-28(33(3,31)32)19-10-15(22)6-8-17(19)24/h5-10,13H,4,11-12H2,1-3H3,(H,26,30)/t13-/m1/s1. The minimum atomic E-state index is -3.92. The number of hydrogen-bond acceptors (Lipinski definition) is 4. The summed E-state index contributed by atoms with van der Waals surface area (Å²) in [5, 5.41) is 3.65. The van der Waals surface area contributed by atoms with E-state index in [2.05, 4.69) is 5.32 Å². The number of nitrogens with zero attached hydrogens (tertiary/aromatic N) is 2. The molecule has 2 amide bonds. The van der Waals surface area contributed by atoms with Crippen molar-refractivity contribution >= 4 is 73.9 Å². The van der Waals surface area contributed by atoms with Crippen LogP contribution in [0.3, 0.4) is 0 Å². The zero-order valence-electron chi connectivity index (χ0n) is 18.1. The first kappa shape index (κ1) is 27.5. The highest BCUT2D eigenvalue weighted by Gasteiger charge is 2.30. The second-order valence-electron chi connectivity index (χ2n) is 7.21. The van der Waals surface area contributed by atoms with Crippen LogP contribution < -0.4 is 9.62 Å². The van der Waals surface area contributed by atoms with Gasteiger partial charge in [-0.25, -0.2) is 8.42 Å². The molecule has 33 heavy (non-hydrogen) atoms. The number of rotatable bonds is 9. The third kappa shape index (κ3) is 7.39. The molecular formula is C21H23Cl4N3O4S. The zero-order chi connectivity index (χ0) is 24.9. The van der Waals surface area contributed by atoms with Crippen LogP contribution in [0.25, 0.3) is 0 Å². The molecule has 0 saturated heterocycles. The van der Waals surface area contributed by atoms with E-state index >= 15 is 0 Å². The lowest BCUT2D eigenvalue weighted by atomic mass is 10.1. The molecule has 0 aliphatic carbocycles. The quantitative estimate of drug-likeness (QED) is 0.490. The molecule has 0 unspecified atom stereocenters. The Hall–Kier alpha value is -1.71. The Morgan fingerprint density at radius 1 is 1.00 bits per heavy atom. The number of likely N-dealkylation sites (N-methyl/N-ethyl adjacent to an activating group) is 1. The van der Waals surface area contributed by atoms with E-state index in [0.29, 0.717) is 17.1 Å². The van der Waals surface area contributed by atoms with Gasteiger partial charge in [0, 0.05) is 18.1 Å². The van der Waals surface area contributed by atoms with Crippen molar-refractivity contribution in [2.24, 2.45) is 0 Å². The SMILES string of the molecule is CCNC(=O)[C@@H](C)N(Cc1ccc(Cl)c(Cl)c1)C(=O)CN(c1cc(Cl)ccc1Cl)S(C)(=O)=O. The molecule has 0 bridgehead atoms. The molecule has 0 radical (unpaired) electrons. The van der Waals surface area contributed by atoms with Gasteiger partial charge in [-0.15, -0.1) is 0 Å². The highest BCUT2D eigenvalue weighted by molar-refractivity contribution is 7.92. The van der Waals surface area contributed by atoms with Gasteiger partial charge in [-0.3, -0.25) is 13.9 Å². The lowest BCUT2D eigenvalue weighted by Crippen LogP contribution is -2.51. The van der Waals surface area contributed by atoms with E-state index in [1.165, 1.54) is 23.1 Å². The van der Waals surface area contributed by atoms with Crippen LogP contribution in [-0.2, 0) is 26.2 Å². The average molecular weight is 555 g/mol. The van der Waals surface area contributed by atoms with Crippen LogP contribution >= 0.6 is 46.4 Å². The Balaban J connectivity index is 2.45. The normalized spacial score (nSPS) is 12.2. The molecule has 7 nitrogen and oxygen atoms in total. The number of anilines is 1. The smallest absolute Gasteiger partial charge is 0.244 e. The summed E-state index contributed by atoms with van der Waals surface area (Å²) in [5.41, 5.74) is 0.667. The number of carbonyl (C=O) groups is 2. The van der Waals surface area contributed by atoms with Gasteiger partial charge in [0.2, 0.25) is 21.8 Å². The monoisotopic (exact) mass is 553 g/mol. The first-order valence-corrected chi connectivity index (χ1v) is 13.1. The number of halogens is 4. The van der Waals surface area contributed by atoms with Gasteiger partial charge in [0.25, 0.3) is 0 Å². The van der Waals surface area contributed by atoms with Gasteiger partial charge in [0.15, 0.2) is 0 Å². The third-order valence-corrected chi connectivity index (χ3v) is 7.13. The molecule has 0 spiro atoms. The summed E-state index contributed by atoms with van der Waals surface area (Å²) in [6, 6.07) is 8.22. The minimum absolute atomic E-state index is 0.00506. The van der Waals surface area contributed by atoms with E-state index in [0.717, 1.165) is 10.6 Å². The molecule has 2 aromatic carbocycles. The van der Waals surface area contributed by atoms with Gasteiger partial charge >= 0.3 is 0 Å². The summed E-state index contributed by atoms with van der Waals surface area (Å²) >= 11 is 24.3. The minimum Gasteiger partial charge on any atom is -0.355 e. The van der Waals surface area contributed by atoms with Gasteiger partial charge in [0.1, 0.15) is 12.6 Å². The zero-order valence-corrected chi connectivity index (χ0v) is 22.0. The summed E-state index contributed by atoms with van der Waals surface area (Å²) < 4.78 is 25.9. The highest BCUT2D eigenvalue weighted by Crippen LogP contribution is 2.31. The first-order valence-electron chi connectivity index (χ1n) is 9.79. The number of amides is 2. The summed E-state index contributed by atoms with van der Waals surface area (Å²) in [5.74, 6) is -1.01. The van der Waals surface area contributed by atoms with Crippen LogP contribution in [0.15, 0.2) is 36.4 Å². The Bertz CT molecular complexity index is 1140. The van der Waals surface area contributed by atoms with E-state index < -0.39 is 34.4 Å². The van der Waals surface area contributed by atoms with E-state index in [1.807, 2.05) is 0 Å². The van der Waals surface area contributed by atoms with Gasteiger partial charge in [-0.05, 0) is 49.7 Å². The van der Waals surface area contributed by atoms with Crippen LogP contribution in [0.2, 0.25) is 20.1 Å². The summed E-state index contributed by atoms with van der Waals surface area (Å²) in [6.07, 6.45) is 0.952. The first-order chi connectivity index (χ1) is 15.3. The van der Waals surface area contributed by atoms with E-state index in [4.69, 9.17) is 46.4 Å². The number of sulfonamides is 1. The van der Waals surface area contributed by atoms with Crippen molar-refractivity contribution in [3.8, 4) is 0 Å². The maximum absolute atomic E-state index is 13.4. The molecule has 1 atom stereocenters. The number of benzene rings is 2. The molecule has 0 saturated carbocycles.